The van der Waals surface area contributed by atoms with E-state index >= 15 is 0 Å². The van der Waals surface area contributed by atoms with Crippen LogP contribution in [0.1, 0.15) is 42.4 Å². The first-order valence-corrected chi connectivity index (χ1v) is 10.1. The second-order valence-electron chi connectivity index (χ2n) is 8.20. The maximum absolute atomic E-state index is 12.2. The van der Waals surface area contributed by atoms with Gasteiger partial charge in [-0.1, -0.05) is 51.1 Å². The summed E-state index contributed by atoms with van der Waals surface area (Å²) in [4.78, 5) is 24.3. The zero-order valence-electron chi connectivity index (χ0n) is 17.7. The van der Waals surface area contributed by atoms with E-state index in [9.17, 15) is 9.59 Å². The predicted molar refractivity (Wildman–Crippen MR) is 118 cm³/mol. The average molecular weight is 405 g/mol. The van der Waals surface area contributed by atoms with E-state index in [1.54, 1.807) is 12.1 Å². The largest absolute Gasteiger partial charge is 0.354 e. The van der Waals surface area contributed by atoms with Crippen molar-refractivity contribution in [2.75, 3.05) is 13.1 Å². The van der Waals surface area contributed by atoms with E-state index < -0.39 is 0 Å². The molecule has 0 bridgehead atoms. The fourth-order valence-corrected chi connectivity index (χ4v) is 3.00. The fourth-order valence-electron chi connectivity index (χ4n) is 3.00. The van der Waals surface area contributed by atoms with Gasteiger partial charge in [-0.25, -0.2) is 4.68 Å². The number of nitrogens with zero attached hydrogens (tertiary/aromatic N) is 2. The van der Waals surface area contributed by atoms with Crippen molar-refractivity contribution in [1.29, 1.82) is 0 Å². The van der Waals surface area contributed by atoms with Gasteiger partial charge in [0.1, 0.15) is 0 Å². The van der Waals surface area contributed by atoms with Crippen LogP contribution < -0.4 is 10.6 Å². The van der Waals surface area contributed by atoms with E-state index in [4.69, 9.17) is 0 Å². The van der Waals surface area contributed by atoms with Crippen molar-refractivity contribution in [3.05, 3.63) is 83.7 Å². The lowest BCUT2D eigenvalue weighted by molar-refractivity contribution is -0.120. The van der Waals surface area contributed by atoms with Crippen LogP contribution in [0.15, 0.2) is 66.9 Å². The highest BCUT2D eigenvalue weighted by Crippen LogP contribution is 2.22. The van der Waals surface area contributed by atoms with Gasteiger partial charge in [0.25, 0.3) is 5.91 Å². The average Bonchev–Trinajstić information content (AvgIpc) is 3.21. The van der Waals surface area contributed by atoms with Gasteiger partial charge in [-0.15, -0.1) is 0 Å². The minimum Gasteiger partial charge on any atom is -0.354 e. The molecule has 0 aliphatic carbocycles. The number of aromatic nitrogens is 2. The molecule has 0 spiro atoms. The van der Waals surface area contributed by atoms with Crippen molar-refractivity contribution in [2.24, 2.45) is 0 Å². The Labute approximate surface area is 177 Å². The normalized spacial score (nSPS) is 11.2. The molecule has 156 valence electrons. The SMILES string of the molecule is CC(C)(C)c1ccc(C(=O)NCC(=O)NCCc2ccn(-c3ccccc3)n2)cc1. The van der Waals surface area contributed by atoms with E-state index in [1.165, 1.54) is 0 Å². The Morgan fingerprint density at radius 3 is 2.30 bits per heavy atom. The second-order valence-corrected chi connectivity index (χ2v) is 8.20. The Morgan fingerprint density at radius 2 is 1.63 bits per heavy atom. The number of benzene rings is 2. The van der Waals surface area contributed by atoms with Crippen molar-refractivity contribution < 1.29 is 9.59 Å². The van der Waals surface area contributed by atoms with Gasteiger partial charge in [0.15, 0.2) is 0 Å². The van der Waals surface area contributed by atoms with Gasteiger partial charge in [0, 0.05) is 24.7 Å². The monoisotopic (exact) mass is 404 g/mol. The Hall–Kier alpha value is -3.41. The molecular formula is C24H28N4O2. The molecule has 2 amide bonds. The zero-order valence-corrected chi connectivity index (χ0v) is 17.7. The molecule has 6 heteroatoms. The van der Waals surface area contributed by atoms with Crippen LogP contribution in [0.5, 0.6) is 0 Å². The topological polar surface area (TPSA) is 76.0 Å². The van der Waals surface area contributed by atoms with Crippen molar-refractivity contribution in [3.63, 3.8) is 0 Å². The first-order valence-electron chi connectivity index (χ1n) is 10.1. The van der Waals surface area contributed by atoms with Gasteiger partial charge in [-0.05, 0) is 41.3 Å². The number of rotatable bonds is 7. The van der Waals surface area contributed by atoms with Crippen LogP contribution in [0.25, 0.3) is 5.69 Å². The maximum atomic E-state index is 12.2. The Balaban J connectivity index is 1.41. The molecular weight excluding hydrogens is 376 g/mol. The van der Waals surface area contributed by atoms with E-state index in [0.29, 0.717) is 18.5 Å². The first kappa shape index (κ1) is 21.3. The third kappa shape index (κ3) is 5.80. The molecule has 0 saturated carbocycles. The molecule has 3 rings (SSSR count). The lowest BCUT2D eigenvalue weighted by Crippen LogP contribution is -2.37. The highest BCUT2D eigenvalue weighted by atomic mass is 16.2. The van der Waals surface area contributed by atoms with Gasteiger partial charge < -0.3 is 10.6 Å². The molecule has 0 aliphatic rings. The standard InChI is InChI=1S/C24H28N4O2/c1-24(2,3)19-11-9-18(10-12-19)23(30)26-17-22(29)25-15-13-20-14-16-28(27-20)21-7-5-4-6-8-21/h4-12,14,16H,13,15,17H2,1-3H3,(H,25,29)(H,26,30). The summed E-state index contributed by atoms with van der Waals surface area (Å²) in [5.41, 5.74) is 3.62. The summed E-state index contributed by atoms with van der Waals surface area (Å²) < 4.78 is 1.81. The van der Waals surface area contributed by atoms with E-state index in [2.05, 4.69) is 36.5 Å². The third-order valence-corrected chi connectivity index (χ3v) is 4.79. The first-order chi connectivity index (χ1) is 14.3. The molecule has 2 N–H and O–H groups in total. The van der Waals surface area contributed by atoms with Gasteiger partial charge in [0.05, 0.1) is 17.9 Å². The Bertz CT molecular complexity index is 986. The second kappa shape index (κ2) is 9.39. The van der Waals surface area contributed by atoms with Crippen molar-refractivity contribution >= 4 is 11.8 Å². The molecule has 0 atom stereocenters. The number of amides is 2. The van der Waals surface area contributed by atoms with Crippen molar-refractivity contribution in [2.45, 2.75) is 32.6 Å². The quantitative estimate of drug-likeness (QED) is 0.635. The highest BCUT2D eigenvalue weighted by Gasteiger charge is 2.14. The summed E-state index contributed by atoms with van der Waals surface area (Å²) in [5.74, 6) is -0.482. The molecule has 1 heterocycles. The summed E-state index contributed by atoms with van der Waals surface area (Å²) in [6.07, 6.45) is 2.52. The number of para-hydroxylation sites is 1. The van der Waals surface area contributed by atoms with Crippen LogP contribution in [0.4, 0.5) is 0 Å². The maximum Gasteiger partial charge on any atom is 0.251 e. The minimum atomic E-state index is -0.257. The molecule has 2 aromatic carbocycles. The summed E-state index contributed by atoms with van der Waals surface area (Å²) in [5, 5.41) is 9.98. The summed E-state index contributed by atoms with van der Waals surface area (Å²) in [6.45, 7) is 6.77. The lowest BCUT2D eigenvalue weighted by atomic mass is 9.87. The fraction of sp³-hybridized carbons (Fsp3) is 0.292. The summed E-state index contributed by atoms with van der Waals surface area (Å²) >= 11 is 0. The van der Waals surface area contributed by atoms with Gasteiger partial charge in [-0.2, -0.15) is 5.10 Å². The summed E-state index contributed by atoms with van der Waals surface area (Å²) in [6, 6.07) is 19.3. The molecule has 0 aliphatic heterocycles. The van der Waals surface area contributed by atoms with E-state index in [-0.39, 0.29) is 23.8 Å². The summed E-state index contributed by atoms with van der Waals surface area (Å²) in [7, 11) is 0. The smallest absolute Gasteiger partial charge is 0.251 e. The van der Waals surface area contributed by atoms with Crippen LogP contribution in [-0.2, 0) is 16.6 Å². The molecule has 1 aromatic heterocycles. The number of carbonyl (C=O) groups excluding carboxylic acids is 2. The highest BCUT2D eigenvalue weighted by molar-refractivity contribution is 5.96. The predicted octanol–water partition coefficient (Wildman–Crippen LogP) is 3.26. The van der Waals surface area contributed by atoms with E-state index in [1.807, 2.05) is 59.4 Å². The molecule has 0 fully saturated rings. The molecule has 0 saturated heterocycles. The number of hydrogen-bond acceptors (Lipinski definition) is 3. The molecule has 3 aromatic rings. The van der Waals surface area contributed by atoms with Gasteiger partial charge >= 0.3 is 0 Å². The third-order valence-electron chi connectivity index (χ3n) is 4.79. The number of hydrogen-bond donors (Lipinski definition) is 2. The van der Waals surface area contributed by atoms with E-state index in [0.717, 1.165) is 16.9 Å². The molecule has 6 nitrogen and oxygen atoms in total. The molecule has 0 radical (unpaired) electrons. The number of nitrogens with one attached hydrogen (secondary N) is 2. The Kier molecular flexibility index (Phi) is 6.67. The van der Waals surface area contributed by atoms with Crippen molar-refractivity contribution in [3.8, 4) is 5.69 Å². The van der Waals surface area contributed by atoms with Gasteiger partial charge in [0.2, 0.25) is 5.91 Å². The van der Waals surface area contributed by atoms with Crippen LogP contribution in [0.2, 0.25) is 0 Å². The van der Waals surface area contributed by atoms with Crippen LogP contribution in [-0.4, -0.2) is 34.7 Å². The van der Waals surface area contributed by atoms with Gasteiger partial charge in [-0.3, -0.25) is 9.59 Å². The number of carbonyl (C=O) groups is 2. The van der Waals surface area contributed by atoms with Crippen LogP contribution in [0.3, 0.4) is 0 Å². The molecule has 0 unspecified atom stereocenters. The van der Waals surface area contributed by atoms with Crippen LogP contribution in [0, 0.1) is 0 Å². The molecule has 30 heavy (non-hydrogen) atoms. The lowest BCUT2D eigenvalue weighted by Gasteiger charge is -2.19. The van der Waals surface area contributed by atoms with Crippen LogP contribution >= 0.6 is 0 Å². The minimum absolute atomic E-state index is 0.0336. The van der Waals surface area contributed by atoms with Crippen molar-refractivity contribution in [1.82, 2.24) is 20.4 Å². The Morgan fingerprint density at radius 1 is 0.933 bits per heavy atom. The zero-order chi connectivity index (χ0) is 21.6.